The smallest absolute Gasteiger partial charge is 0.327 e. The molecule has 0 bridgehead atoms. The fourth-order valence-corrected chi connectivity index (χ4v) is 1.70. The van der Waals surface area contributed by atoms with Gasteiger partial charge in [0, 0.05) is 6.08 Å². The average molecular weight is 234 g/mol. The van der Waals surface area contributed by atoms with E-state index >= 15 is 0 Å². The first-order valence-electron chi connectivity index (χ1n) is 5.72. The number of hydrogen-bond acceptors (Lipinski definition) is 2. The van der Waals surface area contributed by atoms with E-state index in [1.807, 2.05) is 12.1 Å². The van der Waals surface area contributed by atoms with E-state index in [9.17, 15) is 4.79 Å². The fraction of sp³-hybridized carbons (Fsp3) is 0.357. The average Bonchev–Trinajstić information content (AvgIpc) is 2.34. The van der Waals surface area contributed by atoms with Crippen molar-refractivity contribution in [2.24, 2.45) is 0 Å². The van der Waals surface area contributed by atoms with Crippen LogP contribution in [-0.2, 0) is 17.6 Å². The van der Waals surface area contributed by atoms with Crippen LogP contribution in [0.4, 0.5) is 0 Å². The summed E-state index contributed by atoms with van der Waals surface area (Å²) in [6, 6.07) is 6.11. The van der Waals surface area contributed by atoms with E-state index in [-0.39, 0.29) is 0 Å². The molecule has 3 heteroatoms. The number of rotatable bonds is 6. The van der Waals surface area contributed by atoms with Crippen molar-refractivity contribution in [2.75, 3.05) is 7.11 Å². The molecule has 0 amide bonds. The minimum Gasteiger partial charge on any atom is -0.496 e. The lowest BCUT2D eigenvalue weighted by Crippen LogP contribution is -1.93. The highest BCUT2D eigenvalue weighted by Gasteiger charge is 2.01. The third-order valence-corrected chi connectivity index (χ3v) is 2.59. The molecule has 0 aromatic heterocycles. The molecule has 0 unspecified atom stereocenters. The predicted octanol–water partition coefficient (Wildman–Crippen LogP) is 2.83. The summed E-state index contributed by atoms with van der Waals surface area (Å²) in [7, 11) is 1.67. The van der Waals surface area contributed by atoms with Gasteiger partial charge in [-0.1, -0.05) is 25.1 Å². The van der Waals surface area contributed by atoms with E-state index in [0.717, 1.165) is 25.0 Å². The summed E-state index contributed by atoms with van der Waals surface area (Å²) in [6.07, 6.45) is 5.38. The lowest BCUT2D eigenvalue weighted by atomic mass is 10.0. The van der Waals surface area contributed by atoms with Gasteiger partial charge in [0.2, 0.25) is 0 Å². The SMILES string of the molecule is CCc1cc(CC/C=C/C(=O)O)ccc1OC. The third kappa shape index (κ3) is 4.31. The van der Waals surface area contributed by atoms with E-state index in [4.69, 9.17) is 9.84 Å². The first-order chi connectivity index (χ1) is 8.17. The van der Waals surface area contributed by atoms with Crippen molar-refractivity contribution in [3.63, 3.8) is 0 Å². The fourth-order valence-electron chi connectivity index (χ4n) is 1.70. The number of carboxylic acid groups (broad SMARTS) is 1. The quantitative estimate of drug-likeness (QED) is 0.770. The largest absolute Gasteiger partial charge is 0.496 e. The van der Waals surface area contributed by atoms with Crippen LogP contribution in [0.1, 0.15) is 24.5 Å². The summed E-state index contributed by atoms with van der Waals surface area (Å²) in [5, 5.41) is 8.46. The molecule has 1 aromatic rings. The first kappa shape index (κ1) is 13.3. The number of benzene rings is 1. The van der Waals surface area contributed by atoms with Gasteiger partial charge in [0.1, 0.15) is 5.75 Å². The Morgan fingerprint density at radius 1 is 1.47 bits per heavy atom. The van der Waals surface area contributed by atoms with E-state index in [1.54, 1.807) is 13.2 Å². The summed E-state index contributed by atoms with van der Waals surface area (Å²) in [4.78, 5) is 10.3. The molecule has 92 valence electrons. The predicted molar refractivity (Wildman–Crippen MR) is 67.5 cm³/mol. The van der Waals surface area contributed by atoms with Gasteiger partial charge in [0.25, 0.3) is 0 Å². The molecule has 0 spiro atoms. The molecule has 0 atom stereocenters. The molecule has 0 saturated carbocycles. The molecule has 0 saturated heterocycles. The van der Waals surface area contributed by atoms with E-state index in [1.165, 1.54) is 17.2 Å². The highest BCUT2D eigenvalue weighted by Crippen LogP contribution is 2.21. The van der Waals surface area contributed by atoms with E-state index in [2.05, 4.69) is 13.0 Å². The Hall–Kier alpha value is -1.77. The zero-order valence-corrected chi connectivity index (χ0v) is 10.3. The Morgan fingerprint density at radius 3 is 2.82 bits per heavy atom. The lowest BCUT2D eigenvalue weighted by Gasteiger charge is -2.08. The van der Waals surface area contributed by atoms with Crippen molar-refractivity contribution in [1.82, 2.24) is 0 Å². The Labute approximate surface area is 102 Å². The topological polar surface area (TPSA) is 46.5 Å². The van der Waals surface area contributed by atoms with Crippen molar-refractivity contribution in [3.8, 4) is 5.75 Å². The lowest BCUT2D eigenvalue weighted by molar-refractivity contribution is -0.131. The number of aliphatic carboxylic acids is 1. The number of carboxylic acids is 1. The molecular weight excluding hydrogens is 216 g/mol. The molecular formula is C14H18O3. The second-order valence-corrected chi connectivity index (χ2v) is 3.78. The van der Waals surface area contributed by atoms with Crippen molar-refractivity contribution in [1.29, 1.82) is 0 Å². The summed E-state index contributed by atoms with van der Waals surface area (Å²) in [5.74, 6) is 0.0197. The van der Waals surface area contributed by atoms with Crippen LogP contribution in [0.25, 0.3) is 0 Å². The van der Waals surface area contributed by atoms with Crippen molar-refractivity contribution in [3.05, 3.63) is 41.5 Å². The minimum absolute atomic E-state index is 0.738. The van der Waals surface area contributed by atoms with Gasteiger partial charge in [-0.3, -0.25) is 0 Å². The molecule has 0 radical (unpaired) electrons. The van der Waals surface area contributed by atoms with Gasteiger partial charge < -0.3 is 9.84 Å². The van der Waals surface area contributed by atoms with E-state index < -0.39 is 5.97 Å². The second kappa shape index (κ2) is 6.74. The van der Waals surface area contributed by atoms with Crippen LogP contribution < -0.4 is 4.74 Å². The van der Waals surface area contributed by atoms with Crippen LogP contribution in [0.15, 0.2) is 30.4 Å². The molecule has 0 heterocycles. The van der Waals surface area contributed by atoms with Crippen LogP contribution in [-0.4, -0.2) is 18.2 Å². The number of ether oxygens (including phenoxy) is 1. The number of hydrogen-bond donors (Lipinski definition) is 1. The Morgan fingerprint density at radius 2 is 2.24 bits per heavy atom. The maximum atomic E-state index is 10.3. The minimum atomic E-state index is -0.894. The number of methoxy groups -OCH3 is 1. The zero-order valence-electron chi connectivity index (χ0n) is 10.3. The molecule has 0 aliphatic carbocycles. The van der Waals surface area contributed by atoms with Crippen molar-refractivity contribution in [2.45, 2.75) is 26.2 Å². The zero-order chi connectivity index (χ0) is 12.7. The van der Waals surface area contributed by atoms with Gasteiger partial charge in [-0.2, -0.15) is 0 Å². The van der Waals surface area contributed by atoms with E-state index in [0.29, 0.717) is 0 Å². The summed E-state index contributed by atoms with van der Waals surface area (Å²) in [5.41, 5.74) is 2.39. The highest BCUT2D eigenvalue weighted by atomic mass is 16.5. The van der Waals surface area contributed by atoms with Gasteiger partial charge in [0.15, 0.2) is 0 Å². The number of carbonyl (C=O) groups is 1. The van der Waals surface area contributed by atoms with Gasteiger partial charge in [-0.15, -0.1) is 0 Å². The van der Waals surface area contributed by atoms with Crippen LogP contribution >= 0.6 is 0 Å². The first-order valence-corrected chi connectivity index (χ1v) is 5.72. The number of allylic oxidation sites excluding steroid dienone is 1. The third-order valence-electron chi connectivity index (χ3n) is 2.59. The van der Waals surface area contributed by atoms with Crippen LogP contribution in [0.2, 0.25) is 0 Å². The van der Waals surface area contributed by atoms with Crippen LogP contribution in [0.5, 0.6) is 5.75 Å². The molecule has 3 nitrogen and oxygen atoms in total. The molecule has 1 N–H and O–H groups in total. The van der Waals surface area contributed by atoms with Gasteiger partial charge in [0.05, 0.1) is 7.11 Å². The molecule has 1 rings (SSSR count). The molecule has 1 aromatic carbocycles. The molecule has 0 fully saturated rings. The van der Waals surface area contributed by atoms with Crippen molar-refractivity contribution < 1.29 is 14.6 Å². The standard InChI is InChI=1S/C14H18O3/c1-3-12-10-11(8-9-13(12)17-2)6-4-5-7-14(15)16/h5,7-10H,3-4,6H2,1-2H3,(H,15,16)/b7-5+. The molecule has 0 aliphatic rings. The van der Waals surface area contributed by atoms with Crippen LogP contribution in [0, 0.1) is 0 Å². The Kier molecular flexibility index (Phi) is 5.27. The maximum Gasteiger partial charge on any atom is 0.327 e. The molecule has 0 aliphatic heterocycles. The highest BCUT2D eigenvalue weighted by molar-refractivity contribution is 5.79. The summed E-state index contributed by atoms with van der Waals surface area (Å²) < 4.78 is 5.26. The number of aryl methyl sites for hydroxylation is 2. The maximum absolute atomic E-state index is 10.3. The van der Waals surface area contributed by atoms with Crippen molar-refractivity contribution >= 4 is 5.97 Å². The van der Waals surface area contributed by atoms with Gasteiger partial charge >= 0.3 is 5.97 Å². The van der Waals surface area contributed by atoms with Gasteiger partial charge in [-0.05, 0) is 36.5 Å². The Balaban J connectivity index is 2.63. The normalized spacial score (nSPS) is 10.7. The second-order valence-electron chi connectivity index (χ2n) is 3.78. The van der Waals surface area contributed by atoms with Crippen LogP contribution in [0.3, 0.4) is 0 Å². The van der Waals surface area contributed by atoms with Gasteiger partial charge in [-0.25, -0.2) is 4.79 Å². The monoisotopic (exact) mass is 234 g/mol. The summed E-state index contributed by atoms with van der Waals surface area (Å²) in [6.45, 7) is 2.09. The Bertz CT molecular complexity index is 408. The molecule has 17 heavy (non-hydrogen) atoms. The summed E-state index contributed by atoms with van der Waals surface area (Å²) >= 11 is 0.